The zero-order chi connectivity index (χ0) is 25.0. The molecular weight excluding hydrogens is 526 g/mol. The quantitative estimate of drug-likeness (QED) is 0.193. The molecule has 0 unspecified atom stereocenters. The molecule has 0 saturated carbocycles. The standard InChI is InChI=1S/C32H16ClN3S2/c33-32-34-30(27-21-13-5-8-16-24(21)38-31(27)35-32)36-22-14-6-3-11-19(22)26-28(36)18-10-2-1-9-17(18)25-20-12-4-7-15-23(20)37-29(25)26/h1-16H. The molecule has 0 aliphatic carbocycles. The topological polar surface area (TPSA) is 30.7 Å². The van der Waals surface area contributed by atoms with E-state index < -0.39 is 0 Å². The lowest BCUT2D eigenvalue weighted by molar-refractivity contribution is 1.08. The molecule has 9 aromatic rings. The van der Waals surface area contributed by atoms with Gasteiger partial charge in [-0.3, -0.25) is 4.57 Å². The maximum Gasteiger partial charge on any atom is 0.225 e. The lowest BCUT2D eigenvalue weighted by atomic mass is 10.00. The third-order valence-electron chi connectivity index (χ3n) is 7.55. The molecule has 0 bridgehead atoms. The predicted octanol–water partition coefficient (Wildman–Crippen LogP) is 10.1. The molecule has 0 N–H and O–H groups in total. The van der Waals surface area contributed by atoms with Gasteiger partial charge in [0, 0.05) is 46.4 Å². The van der Waals surface area contributed by atoms with E-state index in [0.717, 1.165) is 32.5 Å². The monoisotopic (exact) mass is 541 g/mol. The maximum atomic E-state index is 6.61. The highest BCUT2D eigenvalue weighted by Gasteiger charge is 2.24. The summed E-state index contributed by atoms with van der Waals surface area (Å²) in [5.41, 5.74) is 2.27. The molecule has 9 rings (SSSR count). The molecule has 0 fully saturated rings. The van der Waals surface area contributed by atoms with Gasteiger partial charge in [-0.2, -0.15) is 4.98 Å². The molecule has 5 aromatic carbocycles. The fourth-order valence-corrected chi connectivity index (χ4v) is 8.64. The van der Waals surface area contributed by atoms with Crippen LogP contribution in [0.2, 0.25) is 5.28 Å². The number of benzene rings is 5. The molecule has 0 aliphatic heterocycles. The van der Waals surface area contributed by atoms with Gasteiger partial charge >= 0.3 is 0 Å². The second kappa shape index (κ2) is 7.51. The molecular formula is C32H16ClN3S2. The Morgan fingerprint density at radius 3 is 1.95 bits per heavy atom. The minimum absolute atomic E-state index is 0.261. The van der Waals surface area contributed by atoms with Crippen LogP contribution in [0.5, 0.6) is 0 Å². The van der Waals surface area contributed by atoms with E-state index in [1.165, 1.54) is 46.4 Å². The zero-order valence-corrected chi connectivity index (χ0v) is 22.2. The van der Waals surface area contributed by atoms with Gasteiger partial charge in [-0.05, 0) is 35.2 Å². The number of hydrogen-bond acceptors (Lipinski definition) is 4. The van der Waals surface area contributed by atoms with Gasteiger partial charge in [0.05, 0.1) is 16.4 Å². The summed E-state index contributed by atoms with van der Waals surface area (Å²) < 4.78 is 6.11. The molecule has 4 aromatic heterocycles. The third-order valence-corrected chi connectivity index (χ3v) is 9.98. The Bertz CT molecular complexity index is 2430. The Hall–Kier alpha value is -4.03. The number of aromatic nitrogens is 3. The molecule has 38 heavy (non-hydrogen) atoms. The molecule has 3 nitrogen and oxygen atoms in total. The zero-order valence-electron chi connectivity index (χ0n) is 19.8. The van der Waals surface area contributed by atoms with Crippen LogP contribution in [0.1, 0.15) is 0 Å². The average Bonchev–Trinajstić information content (AvgIpc) is 3.62. The van der Waals surface area contributed by atoms with Gasteiger partial charge in [0.15, 0.2) is 5.82 Å². The van der Waals surface area contributed by atoms with E-state index in [-0.39, 0.29) is 5.28 Å². The number of rotatable bonds is 1. The van der Waals surface area contributed by atoms with Crippen molar-refractivity contribution in [1.82, 2.24) is 14.5 Å². The van der Waals surface area contributed by atoms with Crippen LogP contribution in [0.15, 0.2) is 97.1 Å². The first-order valence-corrected chi connectivity index (χ1v) is 14.4. The van der Waals surface area contributed by atoms with E-state index >= 15 is 0 Å². The highest BCUT2D eigenvalue weighted by Crippen LogP contribution is 2.48. The van der Waals surface area contributed by atoms with Crippen LogP contribution >= 0.6 is 34.3 Å². The fraction of sp³-hybridized carbons (Fsp3) is 0. The second-order valence-electron chi connectivity index (χ2n) is 9.52. The van der Waals surface area contributed by atoms with Crippen molar-refractivity contribution in [3.8, 4) is 5.82 Å². The van der Waals surface area contributed by atoms with E-state index in [2.05, 4.69) is 107 Å². The molecule has 4 heterocycles. The summed E-state index contributed by atoms with van der Waals surface area (Å²) in [6.45, 7) is 0. The van der Waals surface area contributed by atoms with Crippen LogP contribution in [-0.2, 0) is 0 Å². The molecule has 178 valence electrons. The van der Waals surface area contributed by atoms with Crippen molar-refractivity contribution in [1.29, 1.82) is 0 Å². The summed E-state index contributed by atoms with van der Waals surface area (Å²) in [5, 5.41) is 10.0. The fourth-order valence-electron chi connectivity index (χ4n) is 6.08. The van der Waals surface area contributed by atoms with Crippen molar-refractivity contribution in [2.75, 3.05) is 0 Å². The summed E-state index contributed by atoms with van der Waals surface area (Å²) in [5.74, 6) is 0.828. The molecule has 0 aliphatic rings. The molecule has 6 heteroatoms. The molecule has 0 atom stereocenters. The SMILES string of the molecule is Clc1nc(-n2c3ccccc3c3c4sc5ccccc5c4c4ccccc4c32)c2c(n1)sc1ccccc12. The van der Waals surface area contributed by atoms with Crippen LogP contribution < -0.4 is 0 Å². The third kappa shape index (κ3) is 2.63. The van der Waals surface area contributed by atoms with Gasteiger partial charge in [-0.1, -0.05) is 78.9 Å². The van der Waals surface area contributed by atoms with Crippen molar-refractivity contribution in [3.05, 3.63) is 102 Å². The minimum atomic E-state index is 0.261. The van der Waals surface area contributed by atoms with E-state index in [1.807, 2.05) is 11.3 Å². The summed E-state index contributed by atoms with van der Waals surface area (Å²) in [4.78, 5) is 10.5. The number of para-hydroxylation sites is 1. The number of hydrogen-bond donors (Lipinski definition) is 0. The van der Waals surface area contributed by atoms with Crippen molar-refractivity contribution in [2.45, 2.75) is 0 Å². The van der Waals surface area contributed by atoms with Crippen molar-refractivity contribution >= 4 is 107 Å². The van der Waals surface area contributed by atoms with Crippen molar-refractivity contribution in [2.24, 2.45) is 0 Å². The van der Waals surface area contributed by atoms with E-state index in [1.54, 1.807) is 11.3 Å². The van der Waals surface area contributed by atoms with Gasteiger partial charge in [-0.15, -0.1) is 22.7 Å². The number of fused-ring (bicyclic) bond motifs is 13. The highest BCUT2D eigenvalue weighted by atomic mass is 35.5. The van der Waals surface area contributed by atoms with Gasteiger partial charge in [-0.25, -0.2) is 4.98 Å². The summed E-state index contributed by atoms with van der Waals surface area (Å²) >= 11 is 10.1. The molecule has 0 amide bonds. The Morgan fingerprint density at radius 2 is 1.16 bits per heavy atom. The molecule has 0 spiro atoms. The van der Waals surface area contributed by atoms with Gasteiger partial charge in [0.25, 0.3) is 0 Å². The van der Waals surface area contributed by atoms with Crippen LogP contribution in [0.25, 0.3) is 78.9 Å². The van der Waals surface area contributed by atoms with Gasteiger partial charge in [0.1, 0.15) is 4.83 Å². The smallest absolute Gasteiger partial charge is 0.225 e. The second-order valence-corrected chi connectivity index (χ2v) is 11.9. The number of halogens is 1. The summed E-state index contributed by atoms with van der Waals surface area (Å²) in [7, 11) is 0. The molecule has 0 radical (unpaired) electrons. The van der Waals surface area contributed by atoms with Crippen LogP contribution in [-0.4, -0.2) is 14.5 Å². The maximum absolute atomic E-state index is 6.61. The predicted molar refractivity (Wildman–Crippen MR) is 165 cm³/mol. The first kappa shape index (κ1) is 21.0. The van der Waals surface area contributed by atoms with Crippen molar-refractivity contribution in [3.63, 3.8) is 0 Å². The van der Waals surface area contributed by atoms with Crippen molar-refractivity contribution < 1.29 is 0 Å². The first-order valence-electron chi connectivity index (χ1n) is 12.4. The Labute approximate surface area is 229 Å². The number of thiophene rings is 2. The van der Waals surface area contributed by atoms with E-state index in [9.17, 15) is 0 Å². The summed E-state index contributed by atoms with van der Waals surface area (Å²) in [6, 6.07) is 34.6. The van der Waals surface area contributed by atoms with Gasteiger partial charge < -0.3 is 0 Å². The van der Waals surface area contributed by atoms with Gasteiger partial charge in [0.2, 0.25) is 5.28 Å². The van der Waals surface area contributed by atoms with Crippen LogP contribution in [0.4, 0.5) is 0 Å². The largest absolute Gasteiger partial charge is 0.292 e. The molecule has 0 saturated heterocycles. The minimum Gasteiger partial charge on any atom is -0.292 e. The van der Waals surface area contributed by atoms with E-state index in [4.69, 9.17) is 16.6 Å². The average molecular weight is 542 g/mol. The normalized spacial score (nSPS) is 12.3. The van der Waals surface area contributed by atoms with Crippen LogP contribution in [0, 0.1) is 0 Å². The Kier molecular flexibility index (Phi) is 4.14. The summed E-state index contributed by atoms with van der Waals surface area (Å²) in [6.07, 6.45) is 0. The van der Waals surface area contributed by atoms with E-state index in [0.29, 0.717) is 0 Å². The highest BCUT2D eigenvalue weighted by molar-refractivity contribution is 7.27. The number of nitrogens with zero attached hydrogens (tertiary/aromatic N) is 3. The Morgan fingerprint density at radius 1 is 0.553 bits per heavy atom. The first-order chi connectivity index (χ1) is 18.8. The Balaban J connectivity index is 1.62. The lowest BCUT2D eigenvalue weighted by Gasteiger charge is -2.12. The van der Waals surface area contributed by atoms with Crippen LogP contribution in [0.3, 0.4) is 0 Å². The lowest BCUT2D eigenvalue weighted by Crippen LogP contribution is -2.00.